The van der Waals surface area contributed by atoms with Crippen molar-refractivity contribution in [2.75, 3.05) is 5.73 Å². The van der Waals surface area contributed by atoms with E-state index in [9.17, 15) is 0 Å². The first-order valence-electron chi connectivity index (χ1n) is 4.98. The second kappa shape index (κ2) is 4.45. The van der Waals surface area contributed by atoms with E-state index in [-0.39, 0.29) is 6.42 Å². The predicted molar refractivity (Wildman–Crippen MR) is 63.4 cm³/mol. The molecule has 0 unspecified atom stereocenters. The molecule has 0 radical (unpaired) electrons. The van der Waals surface area contributed by atoms with Gasteiger partial charge >= 0.3 is 0 Å². The molecule has 0 aliphatic rings. The van der Waals surface area contributed by atoms with Crippen LogP contribution in [0.5, 0.6) is 0 Å². The fourth-order valence-electron chi connectivity index (χ4n) is 1.67. The van der Waals surface area contributed by atoms with Crippen LogP contribution in [0.3, 0.4) is 0 Å². The molecule has 0 aliphatic carbocycles. The number of nitrogens with two attached hydrogens (primary N) is 1. The van der Waals surface area contributed by atoms with Gasteiger partial charge in [0.25, 0.3) is 0 Å². The van der Waals surface area contributed by atoms with Gasteiger partial charge in [-0.1, -0.05) is 30.3 Å². The molecular weight excluding hydrogens is 198 g/mol. The van der Waals surface area contributed by atoms with E-state index >= 15 is 0 Å². The van der Waals surface area contributed by atoms with Crippen molar-refractivity contribution < 1.29 is 0 Å². The van der Waals surface area contributed by atoms with Crippen molar-refractivity contribution in [2.45, 2.75) is 6.42 Å². The lowest BCUT2D eigenvalue weighted by Crippen LogP contribution is -1.98. The molecule has 0 fully saturated rings. The van der Waals surface area contributed by atoms with Crippen LogP contribution in [0.1, 0.15) is 5.69 Å². The highest BCUT2D eigenvalue weighted by Gasteiger charge is 2.09. The van der Waals surface area contributed by atoms with E-state index in [0.717, 1.165) is 16.8 Å². The van der Waals surface area contributed by atoms with Gasteiger partial charge in [0.1, 0.15) is 0 Å². The van der Waals surface area contributed by atoms with Crippen LogP contribution in [0.25, 0.3) is 11.1 Å². The summed E-state index contributed by atoms with van der Waals surface area (Å²) in [5.74, 6) is 0. The molecule has 2 aromatic rings. The summed E-state index contributed by atoms with van der Waals surface area (Å²) in [5.41, 5.74) is 9.19. The molecular formula is C13H11N3. The Hall–Kier alpha value is -2.34. The Bertz CT molecular complexity index is 527. The van der Waals surface area contributed by atoms with E-state index in [1.54, 1.807) is 12.3 Å². The fourth-order valence-corrected chi connectivity index (χ4v) is 1.67. The molecule has 0 amide bonds. The summed E-state index contributed by atoms with van der Waals surface area (Å²) in [5, 5.41) is 8.75. The SMILES string of the molecule is N#CCc1nccc(N)c1-c1ccccc1. The van der Waals surface area contributed by atoms with E-state index in [0.29, 0.717) is 5.69 Å². The largest absolute Gasteiger partial charge is 0.398 e. The molecule has 0 aliphatic heterocycles. The van der Waals surface area contributed by atoms with Crippen molar-refractivity contribution in [1.82, 2.24) is 4.98 Å². The molecule has 1 aromatic carbocycles. The summed E-state index contributed by atoms with van der Waals surface area (Å²) in [6.45, 7) is 0. The summed E-state index contributed by atoms with van der Waals surface area (Å²) in [6.07, 6.45) is 1.91. The van der Waals surface area contributed by atoms with Crippen LogP contribution in [-0.4, -0.2) is 4.98 Å². The molecule has 1 heterocycles. The maximum Gasteiger partial charge on any atom is 0.0781 e. The average Bonchev–Trinajstić information content (AvgIpc) is 2.31. The lowest BCUT2D eigenvalue weighted by atomic mass is 10.0. The molecule has 0 saturated heterocycles. The molecule has 1 aromatic heterocycles. The van der Waals surface area contributed by atoms with Crippen LogP contribution >= 0.6 is 0 Å². The van der Waals surface area contributed by atoms with Gasteiger partial charge in [0, 0.05) is 17.4 Å². The minimum absolute atomic E-state index is 0.273. The first-order chi connectivity index (χ1) is 7.83. The number of hydrogen-bond donors (Lipinski definition) is 1. The Labute approximate surface area is 94.2 Å². The van der Waals surface area contributed by atoms with Crippen LogP contribution in [0.4, 0.5) is 5.69 Å². The maximum atomic E-state index is 8.75. The summed E-state index contributed by atoms with van der Waals surface area (Å²) in [6, 6.07) is 13.6. The molecule has 2 rings (SSSR count). The zero-order valence-electron chi connectivity index (χ0n) is 8.72. The van der Waals surface area contributed by atoms with E-state index in [2.05, 4.69) is 11.1 Å². The Kier molecular flexibility index (Phi) is 2.84. The van der Waals surface area contributed by atoms with Crippen molar-refractivity contribution in [3.63, 3.8) is 0 Å². The standard InChI is InChI=1S/C13H11N3/c14-8-6-12-13(11(15)7-9-16-12)10-4-2-1-3-5-10/h1-5,7,9H,6H2,(H2,15,16). The smallest absolute Gasteiger partial charge is 0.0781 e. The maximum absolute atomic E-state index is 8.75. The minimum Gasteiger partial charge on any atom is -0.398 e. The van der Waals surface area contributed by atoms with Crippen molar-refractivity contribution >= 4 is 5.69 Å². The third-order valence-electron chi connectivity index (χ3n) is 2.37. The minimum atomic E-state index is 0.273. The summed E-state index contributed by atoms with van der Waals surface area (Å²) in [7, 11) is 0. The van der Waals surface area contributed by atoms with Gasteiger partial charge in [-0.3, -0.25) is 4.98 Å². The monoisotopic (exact) mass is 209 g/mol. The molecule has 0 bridgehead atoms. The molecule has 0 atom stereocenters. The van der Waals surface area contributed by atoms with Crippen LogP contribution in [-0.2, 0) is 6.42 Å². The van der Waals surface area contributed by atoms with Crippen LogP contribution < -0.4 is 5.73 Å². The lowest BCUT2D eigenvalue weighted by molar-refractivity contribution is 1.12. The Morgan fingerprint density at radius 1 is 1.19 bits per heavy atom. The highest BCUT2D eigenvalue weighted by Crippen LogP contribution is 2.28. The number of benzene rings is 1. The van der Waals surface area contributed by atoms with Crippen molar-refractivity contribution in [2.24, 2.45) is 0 Å². The highest BCUT2D eigenvalue weighted by atomic mass is 14.7. The zero-order valence-corrected chi connectivity index (χ0v) is 8.72. The van der Waals surface area contributed by atoms with Gasteiger partial charge in [-0.05, 0) is 11.6 Å². The molecule has 16 heavy (non-hydrogen) atoms. The normalized spacial score (nSPS) is 9.69. The quantitative estimate of drug-likeness (QED) is 0.826. The van der Waals surface area contributed by atoms with Crippen LogP contribution in [0, 0.1) is 11.3 Å². The Morgan fingerprint density at radius 2 is 1.94 bits per heavy atom. The first kappa shape index (κ1) is 10.2. The van der Waals surface area contributed by atoms with Gasteiger partial charge < -0.3 is 5.73 Å². The third kappa shape index (κ3) is 1.86. The zero-order chi connectivity index (χ0) is 11.4. The van der Waals surface area contributed by atoms with E-state index in [4.69, 9.17) is 11.0 Å². The highest BCUT2D eigenvalue weighted by molar-refractivity contribution is 5.78. The van der Waals surface area contributed by atoms with E-state index in [1.165, 1.54) is 0 Å². The number of aromatic nitrogens is 1. The van der Waals surface area contributed by atoms with Gasteiger partial charge in [0.05, 0.1) is 18.2 Å². The number of nitriles is 1. The van der Waals surface area contributed by atoms with E-state index in [1.807, 2.05) is 30.3 Å². The summed E-state index contributed by atoms with van der Waals surface area (Å²) in [4.78, 5) is 4.20. The van der Waals surface area contributed by atoms with Gasteiger partial charge in [0.2, 0.25) is 0 Å². The van der Waals surface area contributed by atoms with Gasteiger partial charge in [0.15, 0.2) is 0 Å². The number of anilines is 1. The van der Waals surface area contributed by atoms with Crippen molar-refractivity contribution in [3.8, 4) is 17.2 Å². The van der Waals surface area contributed by atoms with Gasteiger partial charge in [-0.15, -0.1) is 0 Å². The van der Waals surface area contributed by atoms with Crippen molar-refractivity contribution in [1.29, 1.82) is 5.26 Å². The van der Waals surface area contributed by atoms with Gasteiger partial charge in [-0.2, -0.15) is 5.26 Å². The number of rotatable bonds is 2. The number of pyridine rings is 1. The van der Waals surface area contributed by atoms with E-state index < -0.39 is 0 Å². The fraction of sp³-hybridized carbons (Fsp3) is 0.0769. The third-order valence-corrected chi connectivity index (χ3v) is 2.37. The molecule has 3 nitrogen and oxygen atoms in total. The van der Waals surface area contributed by atoms with Crippen molar-refractivity contribution in [3.05, 3.63) is 48.3 Å². The number of nitrogens with zero attached hydrogens (tertiary/aromatic N) is 2. The number of hydrogen-bond acceptors (Lipinski definition) is 3. The van der Waals surface area contributed by atoms with Crippen LogP contribution in [0.15, 0.2) is 42.6 Å². The summed E-state index contributed by atoms with van der Waals surface area (Å²) < 4.78 is 0. The number of nitrogen functional groups attached to an aromatic ring is 1. The average molecular weight is 209 g/mol. The van der Waals surface area contributed by atoms with Gasteiger partial charge in [-0.25, -0.2) is 0 Å². The molecule has 78 valence electrons. The Balaban J connectivity index is 2.60. The van der Waals surface area contributed by atoms with Crippen LogP contribution in [0.2, 0.25) is 0 Å². The molecule has 0 saturated carbocycles. The molecule has 3 heteroatoms. The Morgan fingerprint density at radius 3 is 2.62 bits per heavy atom. The predicted octanol–water partition coefficient (Wildman–Crippen LogP) is 2.40. The molecule has 0 spiro atoms. The second-order valence-electron chi connectivity index (χ2n) is 3.42. The topological polar surface area (TPSA) is 62.7 Å². The first-order valence-corrected chi connectivity index (χ1v) is 4.98. The second-order valence-corrected chi connectivity index (χ2v) is 3.42. The summed E-state index contributed by atoms with van der Waals surface area (Å²) >= 11 is 0. The molecule has 2 N–H and O–H groups in total. The lowest BCUT2D eigenvalue weighted by Gasteiger charge is -2.09.